The van der Waals surface area contributed by atoms with Crippen molar-refractivity contribution in [1.29, 1.82) is 0 Å². The van der Waals surface area contributed by atoms with Gasteiger partial charge in [-0.2, -0.15) is 0 Å². The maximum Gasteiger partial charge on any atom is 0.0932 e. The minimum Gasteiger partial charge on any atom is -0.379 e. The molecule has 0 saturated carbocycles. The first-order valence-corrected chi connectivity index (χ1v) is 20.5. The Bertz CT molecular complexity index is 515. The highest BCUT2D eigenvalue weighted by atomic mass is 16.5. The molecule has 0 aromatic rings. The molecule has 0 spiro atoms. The van der Waals surface area contributed by atoms with Gasteiger partial charge in [0.1, 0.15) is 0 Å². The Hall–Kier alpha value is -0.320. The van der Waals surface area contributed by atoms with E-state index in [0.29, 0.717) is 13.2 Å². The quantitative estimate of drug-likeness (QED) is 0.0493. The molecule has 0 bridgehead atoms. The van der Waals surface area contributed by atoms with Gasteiger partial charge in [-0.05, 0) is 85.2 Å². The van der Waals surface area contributed by atoms with E-state index in [2.05, 4.69) is 49.0 Å². The first-order chi connectivity index (χ1) is 23.3. The molecule has 0 radical (unpaired) electrons. The van der Waals surface area contributed by atoms with Crippen molar-refractivity contribution < 1.29 is 18.9 Å². The molecule has 2 unspecified atom stereocenters. The zero-order valence-electron chi connectivity index (χ0n) is 32.1. The van der Waals surface area contributed by atoms with Crippen molar-refractivity contribution in [3.8, 4) is 0 Å². The van der Waals surface area contributed by atoms with Crippen molar-refractivity contribution in [2.75, 3.05) is 92.0 Å². The van der Waals surface area contributed by atoms with Crippen LogP contribution in [-0.2, 0) is 18.9 Å². The standard InChI is InChI=1S/C39H84N4O4/c1-5-9-11-13-15-17-19-21-32-44-36-38(46-7-3)34-42-30-24-28-40-26-23-27-41-29-25-31-43-35-39(47-8-4)37-45-33-22-20-18-16-14-12-10-6-2/h38-43H,5-37H2,1-4H3. The van der Waals surface area contributed by atoms with E-state index < -0.39 is 0 Å². The molecule has 47 heavy (non-hydrogen) atoms. The Balaban J connectivity index is 3.49. The van der Waals surface area contributed by atoms with Crippen molar-refractivity contribution in [2.24, 2.45) is 0 Å². The molecule has 0 aromatic carbocycles. The third-order valence-electron chi connectivity index (χ3n) is 8.56. The Morgan fingerprint density at radius 3 is 1.02 bits per heavy atom. The van der Waals surface area contributed by atoms with Crippen LogP contribution in [0.3, 0.4) is 0 Å². The van der Waals surface area contributed by atoms with Crippen LogP contribution in [-0.4, -0.2) is 104 Å². The molecule has 0 aliphatic carbocycles. The van der Waals surface area contributed by atoms with Gasteiger partial charge in [0.15, 0.2) is 0 Å². The molecule has 0 rings (SSSR count). The molecule has 0 fully saturated rings. The number of rotatable bonds is 42. The van der Waals surface area contributed by atoms with Gasteiger partial charge in [0.2, 0.25) is 0 Å². The Labute approximate surface area is 293 Å². The van der Waals surface area contributed by atoms with Crippen LogP contribution in [0.2, 0.25) is 0 Å². The predicted octanol–water partition coefficient (Wildman–Crippen LogP) is 7.64. The summed E-state index contributed by atoms with van der Waals surface area (Å²) in [4.78, 5) is 0. The van der Waals surface area contributed by atoms with Gasteiger partial charge in [0.05, 0.1) is 25.4 Å². The van der Waals surface area contributed by atoms with E-state index in [1.54, 1.807) is 0 Å². The summed E-state index contributed by atoms with van der Waals surface area (Å²) < 4.78 is 23.6. The van der Waals surface area contributed by atoms with Crippen LogP contribution in [0.1, 0.15) is 150 Å². The fraction of sp³-hybridized carbons (Fsp3) is 1.00. The van der Waals surface area contributed by atoms with E-state index in [1.807, 2.05) is 0 Å². The third-order valence-corrected chi connectivity index (χ3v) is 8.56. The summed E-state index contributed by atoms with van der Waals surface area (Å²) in [5, 5.41) is 14.3. The van der Waals surface area contributed by atoms with Crippen molar-refractivity contribution in [1.82, 2.24) is 21.3 Å². The molecule has 4 N–H and O–H groups in total. The van der Waals surface area contributed by atoms with E-state index in [0.717, 1.165) is 98.0 Å². The molecule has 2 atom stereocenters. The van der Waals surface area contributed by atoms with Crippen LogP contribution >= 0.6 is 0 Å². The van der Waals surface area contributed by atoms with Crippen LogP contribution in [0.25, 0.3) is 0 Å². The molecule has 284 valence electrons. The second-order valence-electron chi connectivity index (χ2n) is 13.2. The minimum absolute atomic E-state index is 0.151. The minimum atomic E-state index is 0.151. The fourth-order valence-electron chi connectivity index (χ4n) is 5.70. The third kappa shape index (κ3) is 38.3. The maximum atomic E-state index is 5.92. The fourth-order valence-corrected chi connectivity index (χ4v) is 5.70. The second-order valence-corrected chi connectivity index (χ2v) is 13.2. The molecular formula is C39H84N4O4. The zero-order chi connectivity index (χ0) is 34.1. The van der Waals surface area contributed by atoms with Crippen LogP contribution < -0.4 is 21.3 Å². The van der Waals surface area contributed by atoms with Gasteiger partial charge in [-0.3, -0.25) is 0 Å². The second kappa shape index (κ2) is 41.8. The summed E-state index contributed by atoms with van der Waals surface area (Å²) in [6, 6.07) is 0. The van der Waals surface area contributed by atoms with E-state index >= 15 is 0 Å². The largest absolute Gasteiger partial charge is 0.379 e. The topological polar surface area (TPSA) is 85.0 Å². The molecule has 0 amide bonds. The van der Waals surface area contributed by atoms with Gasteiger partial charge < -0.3 is 40.2 Å². The lowest BCUT2D eigenvalue weighted by atomic mass is 10.1. The van der Waals surface area contributed by atoms with E-state index in [1.165, 1.54) is 103 Å². The molecule has 0 aliphatic heterocycles. The molecule has 0 heterocycles. The molecular weight excluding hydrogens is 588 g/mol. The van der Waals surface area contributed by atoms with Crippen molar-refractivity contribution in [3.63, 3.8) is 0 Å². The number of nitrogens with one attached hydrogen (secondary N) is 4. The Morgan fingerprint density at radius 1 is 0.362 bits per heavy atom. The Kier molecular flexibility index (Phi) is 41.6. The zero-order valence-corrected chi connectivity index (χ0v) is 32.1. The molecule has 0 saturated heterocycles. The number of hydrogen-bond donors (Lipinski definition) is 4. The maximum absolute atomic E-state index is 5.92. The summed E-state index contributed by atoms with van der Waals surface area (Å²) in [7, 11) is 0. The monoisotopic (exact) mass is 673 g/mol. The van der Waals surface area contributed by atoms with Crippen LogP contribution in [0.4, 0.5) is 0 Å². The first kappa shape index (κ1) is 46.7. The smallest absolute Gasteiger partial charge is 0.0932 e. The lowest BCUT2D eigenvalue weighted by molar-refractivity contribution is -0.0113. The number of unbranched alkanes of at least 4 members (excludes halogenated alkanes) is 14. The summed E-state index contributed by atoms with van der Waals surface area (Å²) in [5.41, 5.74) is 0. The summed E-state index contributed by atoms with van der Waals surface area (Å²) in [6.07, 6.45) is 25.1. The van der Waals surface area contributed by atoms with E-state index in [9.17, 15) is 0 Å². The Morgan fingerprint density at radius 2 is 0.681 bits per heavy atom. The number of ether oxygens (including phenoxy) is 4. The van der Waals surface area contributed by atoms with Gasteiger partial charge in [-0.15, -0.1) is 0 Å². The molecule has 8 heteroatoms. The molecule has 0 aliphatic rings. The highest BCUT2D eigenvalue weighted by molar-refractivity contribution is 4.64. The van der Waals surface area contributed by atoms with E-state index in [4.69, 9.17) is 18.9 Å². The predicted molar refractivity (Wildman–Crippen MR) is 203 cm³/mol. The van der Waals surface area contributed by atoms with E-state index in [-0.39, 0.29) is 12.2 Å². The van der Waals surface area contributed by atoms with Crippen LogP contribution in [0.5, 0.6) is 0 Å². The number of hydrogen-bond acceptors (Lipinski definition) is 8. The summed E-state index contributed by atoms with van der Waals surface area (Å²) >= 11 is 0. The van der Waals surface area contributed by atoms with Crippen molar-refractivity contribution in [2.45, 2.75) is 162 Å². The summed E-state index contributed by atoms with van der Waals surface area (Å²) in [5.74, 6) is 0. The average molecular weight is 673 g/mol. The lowest BCUT2D eigenvalue weighted by Gasteiger charge is -2.18. The molecule has 0 aromatic heterocycles. The lowest BCUT2D eigenvalue weighted by Crippen LogP contribution is -2.35. The molecule has 8 nitrogen and oxygen atoms in total. The normalized spacial score (nSPS) is 13.0. The highest BCUT2D eigenvalue weighted by Crippen LogP contribution is 2.09. The highest BCUT2D eigenvalue weighted by Gasteiger charge is 2.09. The van der Waals surface area contributed by atoms with Crippen molar-refractivity contribution >= 4 is 0 Å². The van der Waals surface area contributed by atoms with Gasteiger partial charge in [0.25, 0.3) is 0 Å². The SMILES string of the molecule is CCCCCCCCCCOCC(CNCCCNCCCNCCCNCC(COCCCCCCCCCC)OCC)OCC. The van der Waals surface area contributed by atoms with Crippen LogP contribution in [0, 0.1) is 0 Å². The van der Waals surface area contributed by atoms with Gasteiger partial charge in [0, 0.05) is 39.5 Å². The first-order valence-electron chi connectivity index (χ1n) is 20.5. The van der Waals surface area contributed by atoms with Gasteiger partial charge in [-0.25, -0.2) is 0 Å². The summed E-state index contributed by atoms with van der Waals surface area (Å²) in [6.45, 7) is 21.2. The van der Waals surface area contributed by atoms with Gasteiger partial charge in [-0.1, -0.05) is 104 Å². The van der Waals surface area contributed by atoms with Crippen LogP contribution in [0.15, 0.2) is 0 Å². The van der Waals surface area contributed by atoms with Gasteiger partial charge >= 0.3 is 0 Å². The average Bonchev–Trinajstić information content (AvgIpc) is 3.07. The van der Waals surface area contributed by atoms with Crippen molar-refractivity contribution in [3.05, 3.63) is 0 Å².